The molecule has 1 aromatic carbocycles. The first-order valence-corrected chi connectivity index (χ1v) is 7.84. The van der Waals surface area contributed by atoms with Crippen LogP contribution in [0.25, 0.3) is 0 Å². The second-order valence-electron chi connectivity index (χ2n) is 6.04. The van der Waals surface area contributed by atoms with Gasteiger partial charge in [0, 0.05) is 18.5 Å². The van der Waals surface area contributed by atoms with Crippen LogP contribution in [0.5, 0.6) is 0 Å². The molecule has 0 aliphatic heterocycles. The highest BCUT2D eigenvalue weighted by atomic mass is 35.5. The van der Waals surface area contributed by atoms with E-state index in [2.05, 4.69) is 5.32 Å². The topological polar surface area (TPSA) is 55.1 Å². The van der Waals surface area contributed by atoms with Crippen molar-refractivity contribution < 1.29 is 18.0 Å². The number of hydrogen-bond acceptors (Lipinski definition) is 2. The summed E-state index contributed by atoms with van der Waals surface area (Å²) in [5, 5.41) is 2.74. The van der Waals surface area contributed by atoms with Gasteiger partial charge in [-0.1, -0.05) is 39.0 Å². The molecule has 7 heteroatoms. The highest BCUT2D eigenvalue weighted by Crippen LogP contribution is 2.35. The summed E-state index contributed by atoms with van der Waals surface area (Å²) in [6, 6.07) is 5.37. The minimum atomic E-state index is -4.42. The van der Waals surface area contributed by atoms with Gasteiger partial charge in [-0.25, -0.2) is 0 Å². The number of halogens is 4. The Morgan fingerprint density at radius 1 is 1.21 bits per heavy atom. The van der Waals surface area contributed by atoms with Gasteiger partial charge in [0.25, 0.3) is 0 Å². The van der Waals surface area contributed by atoms with Gasteiger partial charge in [0.2, 0.25) is 5.91 Å². The van der Waals surface area contributed by atoms with Gasteiger partial charge in [0.05, 0.1) is 5.56 Å². The lowest BCUT2D eigenvalue weighted by atomic mass is 9.91. The first kappa shape index (κ1) is 22.7. The maximum atomic E-state index is 13.0. The van der Waals surface area contributed by atoms with Crippen LogP contribution in [0.15, 0.2) is 24.3 Å². The van der Waals surface area contributed by atoms with Gasteiger partial charge in [-0.15, -0.1) is 12.4 Å². The fourth-order valence-corrected chi connectivity index (χ4v) is 2.42. The van der Waals surface area contributed by atoms with Crippen molar-refractivity contribution >= 4 is 18.3 Å². The molecule has 0 saturated heterocycles. The third kappa shape index (κ3) is 6.32. The van der Waals surface area contributed by atoms with E-state index in [1.807, 2.05) is 13.8 Å². The van der Waals surface area contributed by atoms with Crippen molar-refractivity contribution in [3.05, 3.63) is 35.4 Å². The number of carbonyl (C=O) groups excluding carboxylic acids is 1. The first-order chi connectivity index (χ1) is 10.6. The molecule has 1 amide bonds. The van der Waals surface area contributed by atoms with Gasteiger partial charge in [-0.05, 0) is 30.4 Å². The van der Waals surface area contributed by atoms with E-state index in [-0.39, 0.29) is 30.3 Å². The van der Waals surface area contributed by atoms with Gasteiger partial charge in [0.15, 0.2) is 0 Å². The molecule has 1 rings (SSSR count). The lowest BCUT2D eigenvalue weighted by Gasteiger charge is -2.27. The molecule has 3 nitrogen and oxygen atoms in total. The number of carbonyl (C=O) groups is 1. The lowest BCUT2D eigenvalue weighted by Crippen LogP contribution is -2.49. The summed E-state index contributed by atoms with van der Waals surface area (Å²) in [5.41, 5.74) is 5.09. The molecule has 0 radical (unpaired) electrons. The Bertz CT molecular complexity index is 531. The molecule has 0 aromatic heterocycles. The van der Waals surface area contributed by atoms with E-state index in [4.69, 9.17) is 5.73 Å². The Kier molecular flexibility index (Phi) is 8.78. The average Bonchev–Trinajstić information content (AvgIpc) is 2.51. The van der Waals surface area contributed by atoms with Gasteiger partial charge < -0.3 is 11.1 Å². The molecule has 24 heavy (non-hydrogen) atoms. The lowest BCUT2D eigenvalue weighted by molar-refractivity contribution is -0.138. The van der Waals surface area contributed by atoms with Crippen molar-refractivity contribution in [1.29, 1.82) is 0 Å². The van der Waals surface area contributed by atoms with Crippen molar-refractivity contribution in [2.24, 2.45) is 5.73 Å². The largest absolute Gasteiger partial charge is 0.416 e. The van der Waals surface area contributed by atoms with Crippen molar-refractivity contribution in [3.63, 3.8) is 0 Å². The second kappa shape index (κ2) is 9.28. The number of rotatable bonds is 7. The molecule has 3 N–H and O–H groups in total. The quantitative estimate of drug-likeness (QED) is 0.757. The van der Waals surface area contributed by atoms with Crippen LogP contribution in [0.3, 0.4) is 0 Å². The van der Waals surface area contributed by atoms with Gasteiger partial charge in [0.1, 0.15) is 0 Å². The van der Waals surface area contributed by atoms with Crippen LogP contribution >= 0.6 is 12.4 Å². The average molecular weight is 367 g/mol. The third-order valence-electron chi connectivity index (χ3n) is 4.33. The van der Waals surface area contributed by atoms with Crippen LogP contribution in [-0.4, -0.2) is 18.0 Å². The Labute approximate surface area is 147 Å². The Hall–Kier alpha value is -1.27. The van der Waals surface area contributed by atoms with E-state index in [9.17, 15) is 18.0 Å². The number of nitrogens with one attached hydrogen (secondary N) is 1. The molecular weight excluding hydrogens is 341 g/mol. The van der Waals surface area contributed by atoms with Gasteiger partial charge >= 0.3 is 6.18 Å². The Morgan fingerprint density at radius 3 is 2.25 bits per heavy atom. The van der Waals surface area contributed by atoms with E-state index in [1.54, 1.807) is 13.0 Å². The Balaban J connectivity index is 0.00000529. The summed E-state index contributed by atoms with van der Waals surface area (Å²) in [6.07, 6.45) is -2.98. The van der Waals surface area contributed by atoms with Crippen LogP contribution in [0.1, 0.15) is 57.1 Å². The molecule has 0 spiro atoms. The third-order valence-corrected chi connectivity index (χ3v) is 4.33. The maximum absolute atomic E-state index is 13.0. The molecule has 0 saturated carbocycles. The van der Waals surface area contributed by atoms with Crippen molar-refractivity contribution in [2.75, 3.05) is 6.54 Å². The Morgan fingerprint density at radius 2 is 1.75 bits per heavy atom. The van der Waals surface area contributed by atoms with E-state index >= 15 is 0 Å². The molecule has 0 aliphatic rings. The predicted octanol–water partition coefficient (Wildman–Crippen LogP) is 4.25. The SMILES string of the molecule is CCC(N)(CC)CNC(=O)CC(C)c1ccccc1C(F)(F)F.Cl. The first-order valence-electron chi connectivity index (χ1n) is 7.84. The number of alkyl halides is 3. The number of hydrogen-bond donors (Lipinski definition) is 2. The molecular formula is C17H26ClF3N2O. The monoisotopic (exact) mass is 366 g/mol. The minimum Gasteiger partial charge on any atom is -0.354 e. The number of amides is 1. The molecule has 0 fully saturated rings. The van der Waals surface area contributed by atoms with Gasteiger partial charge in [-0.2, -0.15) is 13.2 Å². The fourth-order valence-electron chi connectivity index (χ4n) is 2.42. The van der Waals surface area contributed by atoms with Crippen LogP contribution in [-0.2, 0) is 11.0 Å². The summed E-state index contributed by atoms with van der Waals surface area (Å²) in [5.74, 6) is -0.811. The van der Waals surface area contributed by atoms with E-state index in [1.165, 1.54) is 12.1 Å². The van der Waals surface area contributed by atoms with Crippen LogP contribution in [0, 0.1) is 0 Å². The van der Waals surface area contributed by atoms with E-state index < -0.39 is 23.2 Å². The highest BCUT2D eigenvalue weighted by molar-refractivity contribution is 5.85. The fraction of sp³-hybridized carbons (Fsp3) is 0.588. The standard InChI is InChI=1S/C17H25F3N2O.ClH/c1-4-16(21,5-2)11-22-15(23)10-12(3)13-8-6-7-9-14(13)17(18,19)20;/h6-9,12H,4-5,10-11,21H2,1-3H3,(H,22,23);1H. The van der Waals surface area contributed by atoms with Crippen LogP contribution < -0.4 is 11.1 Å². The zero-order valence-corrected chi connectivity index (χ0v) is 15.1. The van der Waals surface area contributed by atoms with E-state index in [0.717, 1.165) is 18.9 Å². The molecule has 0 bridgehead atoms. The molecule has 1 atom stereocenters. The van der Waals surface area contributed by atoms with Crippen LogP contribution in [0.2, 0.25) is 0 Å². The maximum Gasteiger partial charge on any atom is 0.416 e. The second-order valence-corrected chi connectivity index (χ2v) is 6.04. The summed E-state index contributed by atoms with van der Waals surface area (Å²) < 4.78 is 39.1. The molecule has 138 valence electrons. The summed E-state index contributed by atoms with van der Waals surface area (Å²) >= 11 is 0. The molecule has 1 unspecified atom stereocenters. The van der Waals surface area contributed by atoms with E-state index in [0.29, 0.717) is 6.54 Å². The van der Waals surface area contributed by atoms with Crippen molar-refractivity contribution in [3.8, 4) is 0 Å². The minimum absolute atomic E-state index is 0. The van der Waals surface area contributed by atoms with Crippen molar-refractivity contribution in [2.45, 2.75) is 57.7 Å². The zero-order chi connectivity index (χ0) is 17.7. The molecule has 1 aromatic rings. The van der Waals surface area contributed by atoms with Gasteiger partial charge in [-0.3, -0.25) is 4.79 Å². The summed E-state index contributed by atoms with van der Waals surface area (Å²) in [7, 11) is 0. The number of benzene rings is 1. The van der Waals surface area contributed by atoms with Crippen LogP contribution in [0.4, 0.5) is 13.2 Å². The highest BCUT2D eigenvalue weighted by Gasteiger charge is 2.34. The molecule has 0 aliphatic carbocycles. The molecule has 0 heterocycles. The van der Waals surface area contributed by atoms with Crippen molar-refractivity contribution in [1.82, 2.24) is 5.32 Å². The smallest absolute Gasteiger partial charge is 0.354 e. The zero-order valence-electron chi connectivity index (χ0n) is 14.2. The number of nitrogens with two attached hydrogens (primary N) is 1. The summed E-state index contributed by atoms with van der Waals surface area (Å²) in [6.45, 7) is 5.83. The summed E-state index contributed by atoms with van der Waals surface area (Å²) in [4.78, 5) is 12.0. The normalized spacial score (nSPS) is 13.1. The predicted molar refractivity (Wildman–Crippen MR) is 92.2 cm³/mol.